The molecule has 5 nitrogen and oxygen atoms in total. The van der Waals surface area contributed by atoms with Crippen molar-refractivity contribution in [1.29, 1.82) is 0 Å². The Labute approximate surface area is 126 Å². The summed E-state index contributed by atoms with van der Waals surface area (Å²) < 4.78 is 11.2. The van der Waals surface area contributed by atoms with Crippen LogP contribution in [0.15, 0.2) is 18.2 Å². The molecule has 0 fully saturated rings. The van der Waals surface area contributed by atoms with Gasteiger partial charge in [-0.3, -0.25) is 4.79 Å². The van der Waals surface area contributed by atoms with Crippen molar-refractivity contribution in [3.8, 4) is 23.8 Å². The Morgan fingerprint density at radius 1 is 1.33 bits per heavy atom. The van der Waals surface area contributed by atoms with Crippen LogP contribution in [0.4, 0.5) is 0 Å². The molecule has 0 unspecified atom stereocenters. The molecule has 0 saturated carbocycles. The van der Waals surface area contributed by atoms with E-state index in [0.717, 1.165) is 12.1 Å². The van der Waals surface area contributed by atoms with E-state index in [0.29, 0.717) is 24.7 Å². The number of rotatable bonds is 9. The second kappa shape index (κ2) is 9.67. The van der Waals surface area contributed by atoms with E-state index >= 15 is 0 Å². The number of hydrogen-bond acceptors (Lipinski definition) is 4. The Kier molecular flexibility index (Phi) is 7.77. The van der Waals surface area contributed by atoms with Crippen molar-refractivity contribution < 1.29 is 14.3 Å². The fourth-order valence-electron chi connectivity index (χ4n) is 1.73. The number of carbonyl (C=O) groups is 1. The number of ether oxygens (including phenoxy) is 2. The lowest BCUT2D eigenvalue weighted by Gasteiger charge is -2.16. The lowest BCUT2D eigenvalue weighted by atomic mass is 10.2. The molecule has 0 spiro atoms. The van der Waals surface area contributed by atoms with Crippen LogP contribution in [0.3, 0.4) is 0 Å². The van der Waals surface area contributed by atoms with E-state index < -0.39 is 0 Å². The molecule has 0 radical (unpaired) electrons. The Bertz CT molecular complexity index is 495. The van der Waals surface area contributed by atoms with Gasteiger partial charge in [-0.15, -0.1) is 6.42 Å². The molecule has 0 saturated heterocycles. The summed E-state index contributed by atoms with van der Waals surface area (Å²) in [6, 6.07) is 5.68. The number of nitrogens with one attached hydrogen (secondary N) is 2. The number of carbonyl (C=O) groups excluding carboxylic acids is 1. The highest BCUT2D eigenvalue weighted by Gasteiger charge is 2.12. The fraction of sp³-hybridized carbons (Fsp3) is 0.438. The molecule has 0 heterocycles. The van der Waals surface area contributed by atoms with Crippen molar-refractivity contribution in [3.63, 3.8) is 0 Å². The zero-order valence-electron chi connectivity index (χ0n) is 12.6. The molecular weight excluding hydrogens is 268 g/mol. The second-order valence-corrected chi connectivity index (χ2v) is 4.23. The first kappa shape index (κ1) is 16.9. The third-order valence-electron chi connectivity index (χ3n) is 2.66. The van der Waals surface area contributed by atoms with Crippen LogP contribution in [0.5, 0.6) is 11.5 Å². The van der Waals surface area contributed by atoms with Gasteiger partial charge in [0.15, 0.2) is 18.1 Å². The molecule has 21 heavy (non-hydrogen) atoms. The van der Waals surface area contributed by atoms with Crippen LogP contribution in [0, 0.1) is 12.3 Å². The number of terminal acetylenes is 1. The Hall–Kier alpha value is -2.19. The van der Waals surface area contributed by atoms with Gasteiger partial charge in [-0.2, -0.15) is 0 Å². The van der Waals surface area contributed by atoms with Crippen LogP contribution in [-0.2, 0) is 11.3 Å². The molecule has 1 amide bonds. The Morgan fingerprint density at radius 3 is 2.81 bits per heavy atom. The van der Waals surface area contributed by atoms with Crippen LogP contribution in [0.2, 0.25) is 0 Å². The fourth-order valence-corrected chi connectivity index (χ4v) is 1.73. The molecule has 114 valence electrons. The summed E-state index contributed by atoms with van der Waals surface area (Å²) in [5.74, 6) is 3.32. The summed E-state index contributed by atoms with van der Waals surface area (Å²) in [5.41, 5.74) is 0.951. The highest BCUT2D eigenvalue weighted by molar-refractivity contribution is 5.77. The number of para-hydroxylation sites is 1. The van der Waals surface area contributed by atoms with E-state index in [-0.39, 0.29) is 19.1 Å². The van der Waals surface area contributed by atoms with E-state index in [2.05, 4.69) is 16.6 Å². The zero-order chi connectivity index (χ0) is 15.5. The normalized spacial score (nSPS) is 9.76. The third kappa shape index (κ3) is 5.76. The van der Waals surface area contributed by atoms with Crippen molar-refractivity contribution in [2.45, 2.75) is 20.4 Å². The molecule has 5 heteroatoms. The molecule has 0 atom stereocenters. The maximum Gasteiger partial charge on any atom is 0.258 e. The van der Waals surface area contributed by atoms with Crippen LogP contribution in [-0.4, -0.2) is 32.2 Å². The van der Waals surface area contributed by atoms with Crippen LogP contribution in [0.25, 0.3) is 0 Å². The van der Waals surface area contributed by atoms with Gasteiger partial charge in [0.1, 0.15) is 0 Å². The van der Waals surface area contributed by atoms with Crippen LogP contribution < -0.4 is 20.1 Å². The molecule has 1 aromatic carbocycles. The van der Waals surface area contributed by atoms with E-state index in [9.17, 15) is 4.79 Å². The van der Waals surface area contributed by atoms with Gasteiger partial charge in [0.2, 0.25) is 0 Å². The minimum Gasteiger partial charge on any atom is -0.490 e. The first-order chi connectivity index (χ1) is 10.2. The summed E-state index contributed by atoms with van der Waals surface area (Å²) >= 11 is 0. The first-order valence-electron chi connectivity index (χ1n) is 7.01. The molecule has 0 aliphatic rings. The maximum absolute atomic E-state index is 11.6. The highest BCUT2D eigenvalue weighted by atomic mass is 16.5. The number of benzene rings is 1. The van der Waals surface area contributed by atoms with Crippen molar-refractivity contribution in [2.24, 2.45) is 0 Å². The molecule has 2 N–H and O–H groups in total. The van der Waals surface area contributed by atoms with Gasteiger partial charge in [-0.25, -0.2) is 0 Å². The molecular formula is C16H22N2O3. The topological polar surface area (TPSA) is 59.6 Å². The molecule has 1 rings (SSSR count). The summed E-state index contributed by atoms with van der Waals surface area (Å²) in [7, 11) is 0. The first-order valence-corrected chi connectivity index (χ1v) is 7.01. The second-order valence-electron chi connectivity index (χ2n) is 4.23. The third-order valence-corrected chi connectivity index (χ3v) is 2.66. The van der Waals surface area contributed by atoms with E-state index in [1.54, 1.807) is 0 Å². The van der Waals surface area contributed by atoms with Gasteiger partial charge >= 0.3 is 0 Å². The monoisotopic (exact) mass is 290 g/mol. The number of hydrogen-bond donors (Lipinski definition) is 2. The van der Waals surface area contributed by atoms with Gasteiger partial charge in [0, 0.05) is 12.1 Å². The summed E-state index contributed by atoms with van der Waals surface area (Å²) in [5, 5.41) is 5.79. The quantitative estimate of drug-likeness (QED) is 0.674. The minimum atomic E-state index is -0.256. The number of amides is 1. The van der Waals surface area contributed by atoms with Crippen molar-refractivity contribution in [3.05, 3.63) is 23.8 Å². The highest BCUT2D eigenvalue weighted by Crippen LogP contribution is 2.31. The predicted molar refractivity (Wildman–Crippen MR) is 82.3 cm³/mol. The average Bonchev–Trinajstić information content (AvgIpc) is 2.50. The van der Waals surface area contributed by atoms with Crippen LogP contribution in [0.1, 0.15) is 19.4 Å². The van der Waals surface area contributed by atoms with Crippen molar-refractivity contribution >= 4 is 5.91 Å². The zero-order valence-corrected chi connectivity index (χ0v) is 12.6. The molecule has 0 aliphatic carbocycles. The van der Waals surface area contributed by atoms with Gasteiger partial charge in [-0.05, 0) is 19.5 Å². The minimum absolute atomic E-state index is 0.0924. The predicted octanol–water partition coefficient (Wildman–Crippen LogP) is 1.32. The summed E-state index contributed by atoms with van der Waals surface area (Å²) in [6.07, 6.45) is 5.09. The van der Waals surface area contributed by atoms with Gasteiger partial charge < -0.3 is 20.1 Å². The summed E-state index contributed by atoms with van der Waals surface area (Å²) in [6.45, 7) is 6.06. The average molecular weight is 290 g/mol. The van der Waals surface area contributed by atoms with Crippen molar-refractivity contribution in [2.75, 3.05) is 26.3 Å². The van der Waals surface area contributed by atoms with Crippen LogP contribution >= 0.6 is 0 Å². The Morgan fingerprint density at radius 2 is 2.14 bits per heavy atom. The lowest BCUT2D eigenvalue weighted by Crippen LogP contribution is -2.29. The van der Waals surface area contributed by atoms with Crippen molar-refractivity contribution in [1.82, 2.24) is 10.6 Å². The molecule has 0 aromatic heterocycles. The molecule has 1 aromatic rings. The van der Waals surface area contributed by atoms with E-state index in [4.69, 9.17) is 15.9 Å². The molecule has 0 bridgehead atoms. The molecule has 0 aliphatic heterocycles. The standard InChI is InChI=1S/C16H22N2O3/c1-4-10-18-15(19)12-21-16-13(11-17-5-2)8-7-9-14(16)20-6-3/h1,7-9,17H,5-6,10-12H2,2-3H3,(H,18,19). The SMILES string of the molecule is C#CCNC(=O)COc1c(CNCC)cccc1OCC. The largest absolute Gasteiger partial charge is 0.490 e. The Balaban J connectivity index is 2.79. The van der Waals surface area contributed by atoms with E-state index in [1.165, 1.54) is 0 Å². The van der Waals surface area contributed by atoms with E-state index in [1.807, 2.05) is 32.0 Å². The van der Waals surface area contributed by atoms with Gasteiger partial charge in [-0.1, -0.05) is 25.0 Å². The van der Waals surface area contributed by atoms with Gasteiger partial charge in [0.25, 0.3) is 5.91 Å². The lowest BCUT2D eigenvalue weighted by molar-refractivity contribution is -0.122. The maximum atomic E-state index is 11.6. The van der Waals surface area contributed by atoms with Gasteiger partial charge in [0.05, 0.1) is 13.2 Å². The summed E-state index contributed by atoms with van der Waals surface area (Å²) in [4.78, 5) is 11.6. The smallest absolute Gasteiger partial charge is 0.258 e.